The number of amides is 1. The molecular weight excluding hydrogens is 236 g/mol. The van der Waals surface area contributed by atoms with E-state index >= 15 is 0 Å². The van der Waals surface area contributed by atoms with Crippen LogP contribution < -0.4 is 11.1 Å². The number of anilines is 1. The smallest absolute Gasteiger partial charge is 0.234 e. The van der Waals surface area contributed by atoms with E-state index in [1.54, 1.807) is 0 Å². The van der Waals surface area contributed by atoms with Crippen LogP contribution in [0.15, 0.2) is 6.07 Å². The van der Waals surface area contributed by atoms with Crippen LogP contribution in [-0.4, -0.2) is 5.91 Å². The number of halogens is 1. The third kappa shape index (κ3) is 1.65. The van der Waals surface area contributed by atoms with Crippen LogP contribution in [-0.2, 0) is 10.2 Å². The zero-order valence-electron chi connectivity index (χ0n) is 10.5. The van der Waals surface area contributed by atoms with Crippen molar-refractivity contribution in [3.63, 3.8) is 0 Å². The maximum absolute atomic E-state index is 11.9. The van der Waals surface area contributed by atoms with Crippen molar-refractivity contribution >= 4 is 23.2 Å². The van der Waals surface area contributed by atoms with Gasteiger partial charge in [0.15, 0.2) is 0 Å². The van der Waals surface area contributed by atoms with Gasteiger partial charge in [0.2, 0.25) is 5.91 Å². The molecule has 0 aliphatic carbocycles. The van der Waals surface area contributed by atoms with Crippen molar-refractivity contribution in [3.8, 4) is 0 Å². The summed E-state index contributed by atoms with van der Waals surface area (Å²) in [6.45, 7) is 7.62. The number of carbonyl (C=O) groups is 1. The van der Waals surface area contributed by atoms with Gasteiger partial charge in [-0.25, -0.2) is 0 Å². The lowest BCUT2D eigenvalue weighted by molar-refractivity contribution is -0.119. The van der Waals surface area contributed by atoms with E-state index in [9.17, 15) is 4.79 Å². The third-order valence-corrected chi connectivity index (χ3v) is 4.00. The van der Waals surface area contributed by atoms with E-state index in [0.717, 1.165) is 22.4 Å². The largest absolute Gasteiger partial charge is 0.325 e. The molecule has 4 heteroatoms. The first-order valence-corrected chi connectivity index (χ1v) is 6.05. The van der Waals surface area contributed by atoms with Gasteiger partial charge in [-0.15, -0.1) is 0 Å². The molecule has 1 amide bonds. The van der Waals surface area contributed by atoms with Crippen LogP contribution >= 0.6 is 11.6 Å². The molecule has 1 aromatic carbocycles. The van der Waals surface area contributed by atoms with Crippen molar-refractivity contribution in [1.29, 1.82) is 0 Å². The number of fused-ring (bicyclic) bond motifs is 1. The van der Waals surface area contributed by atoms with Gasteiger partial charge in [-0.1, -0.05) is 11.6 Å². The van der Waals surface area contributed by atoms with Crippen LogP contribution in [0, 0.1) is 6.92 Å². The molecule has 3 N–H and O–H groups in total. The van der Waals surface area contributed by atoms with E-state index in [1.807, 2.05) is 33.8 Å². The van der Waals surface area contributed by atoms with Crippen molar-refractivity contribution in [2.45, 2.75) is 39.2 Å². The van der Waals surface area contributed by atoms with Crippen LogP contribution in [0.25, 0.3) is 0 Å². The van der Waals surface area contributed by atoms with E-state index in [0.29, 0.717) is 5.02 Å². The predicted molar refractivity (Wildman–Crippen MR) is 70.4 cm³/mol. The Hall–Kier alpha value is -1.06. The summed E-state index contributed by atoms with van der Waals surface area (Å²) in [4.78, 5) is 11.9. The van der Waals surface area contributed by atoms with Crippen LogP contribution in [0.5, 0.6) is 0 Å². The van der Waals surface area contributed by atoms with Gasteiger partial charge in [0.1, 0.15) is 0 Å². The average Bonchev–Trinajstić information content (AvgIpc) is 2.45. The molecule has 92 valence electrons. The SMILES string of the molecule is Cc1c(Cl)c(C(C)N)cc2c1NC(=O)C2(C)C. The molecule has 0 saturated heterocycles. The van der Waals surface area contributed by atoms with Crippen molar-refractivity contribution in [2.75, 3.05) is 5.32 Å². The standard InChI is InChI=1S/C13H17ClN2O/c1-6-10(14)8(7(2)15)5-9-11(6)16-12(17)13(9,3)4/h5,7H,15H2,1-4H3,(H,16,17). The number of nitrogens with one attached hydrogen (secondary N) is 1. The first kappa shape index (κ1) is 12.4. The molecule has 0 aromatic heterocycles. The van der Waals surface area contributed by atoms with Gasteiger partial charge in [0.25, 0.3) is 0 Å². The molecule has 0 spiro atoms. The van der Waals surface area contributed by atoms with E-state index < -0.39 is 5.41 Å². The van der Waals surface area contributed by atoms with E-state index in [-0.39, 0.29) is 11.9 Å². The van der Waals surface area contributed by atoms with Gasteiger partial charge < -0.3 is 11.1 Å². The van der Waals surface area contributed by atoms with Crippen molar-refractivity contribution in [3.05, 3.63) is 27.8 Å². The summed E-state index contributed by atoms with van der Waals surface area (Å²) < 4.78 is 0. The quantitative estimate of drug-likeness (QED) is 0.808. The Labute approximate surface area is 106 Å². The molecule has 1 atom stereocenters. The molecule has 0 saturated carbocycles. The molecule has 1 unspecified atom stereocenters. The molecule has 1 aromatic rings. The lowest BCUT2D eigenvalue weighted by atomic mass is 9.84. The molecule has 0 fully saturated rings. The summed E-state index contributed by atoms with van der Waals surface area (Å²) in [7, 11) is 0. The fraction of sp³-hybridized carbons (Fsp3) is 0.462. The fourth-order valence-corrected chi connectivity index (χ4v) is 2.52. The summed E-state index contributed by atoms with van der Waals surface area (Å²) in [6, 6.07) is 1.81. The van der Waals surface area contributed by atoms with Gasteiger partial charge in [0.05, 0.1) is 10.4 Å². The Morgan fingerprint density at radius 1 is 1.47 bits per heavy atom. The van der Waals surface area contributed by atoms with Crippen molar-refractivity contribution in [1.82, 2.24) is 0 Å². The van der Waals surface area contributed by atoms with E-state index in [1.165, 1.54) is 0 Å². The van der Waals surface area contributed by atoms with Crippen molar-refractivity contribution in [2.24, 2.45) is 5.73 Å². The first-order valence-electron chi connectivity index (χ1n) is 5.67. The summed E-state index contributed by atoms with van der Waals surface area (Å²) in [5, 5.41) is 3.55. The number of benzene rings is 1. The second kappa shape index (κ2) is 3.72. The second-order valence-electron chi connectivity index (χ2n) is 5.20. The first-order chi connectivity index (χ1) is 7.76. The Kier molecular flexibility index (Phi) is 2.71. The van der Waals surface area contributed by atoms with E-state index in [4.69, 9.17) is 17.3 Å². The van der Waals surface area contributed by atoms with Gasteiger partial charge in [-0.2, -0.15) is 0 Å². The Balaban J connectivity index is 2.74. The minimum absolute atomic E-state index is 0.00786. The minimum Gasteiger partial charge on any atom is -0.325 e. The molecule has 17 heavy (non-hydrogen) atoms. The normalized spacial score (nSPS) is 18.8. The summed E-state index contributed by atoms with van der Waals surface area (Å²) in [5.74, 6) is 0.00786. The number of carbonyl (C=O) groups excluding carboxylic acids is 1. The van der Waals surface area contributed by atoms with Gasteiger partial charge in [-0.3, -0.25) is 4.79 Å². The van der Waals surface area contributed by atoms with Gasteiger partial charge >= 0.3 is 0 Å². The molecule has 0 radical (unpaired) electrons. The zero-order valence-corrected chi connectivity index (χ0v) is 11.3. The molecule has 1 aliphatic heterocycles. The van der Waals surface area contributed by atoms with E-state index in [2.05, 4.69) is 5.32 Å². The van der Waals surface area contributed by atoms with Crippen LogP contribution in [0.3, 0.4) is 0 Å². The fourth-order valence-electron chi connectivity index (χ4n) is 2.20. The molecule has 2 rings (SSSR count). The van der Waals surface area contributed by atoms with Gasteiger partial charge in [0, 0.05) is 11.7 Å². The maximum Gasteiger partial charge on any atom is 0.234 e. The lowest BCUT2D eigenvalue weighted by Crippen LogP contribution is -2.27. The number of nitrogens with two attached hydrogens (primary N) is 1. The monoisotopic (exact) mass is 252 g/mol. The molecular formula is C13H17ClN2O. The topological polar surface area (TPSA) is 55.1 Å². The Morgan fingerprint density at radius 2 is 2.06 bits per heavy atom. The lowest BCUT2D eigenvalue weighted by Gasteiger charge is -2.19. The van der Waals surface area contributed by atoms with Crippen LogP contribution in [0.4, 0.5) is 5.69 Å². The number of hydrogen-bond acceptors (Lipinski definition) is 2. The molecule has 3 nitrogen and oxygen atoms in total. The number of rotatable bonds is 1. The minimum atomic E-state index is -0.520. The highest BCUT2D eigenvalue weighted by Crippen LogP contribution is 2.43. The third-order valence-electron chi connectivity index (χ3n) is 3.50. The molecule has 0 bridgehead atoms. The summed E-state index contributed by atoms with van der Waals surface area (Å²) in [6.07, 6.45) is 0. The van der Waals surface area contributed by atoms with Crippen LogP contribution in [0.1, 0.15) is 43.5 Å². The van der Waals surface area contributed by atoms with Crippen LogP contribution in [0.2, 0.25) is 5.02 Å². The maximum atomic E-state index is 11.9. The Morgan fingerprint density at radius 3 is 2.59 bits per heavy atom. The zero-order chi connectivity index (χ0) is 13.0. The highest BCUT2D eigenvalue weighted by molar-refractivity contribution is 6.33. The summed E-state index contributed by atoms with van der Waals surface area (Å²) >= 11 is 6.28. The highest BCUT2D eigenvalue weighted by Gasteiger charge is 2.40. The van der Waals surface area contributed by atoms with Crippen molar-refractivity contribution < 1.29 is 4.79 Å². The predicted octanol–water partition coefficient (Wildman–Crippen LogP) is 2.90. The number of hydrogen-bond donors (Lipinski definition) is 2. The highest BCUT2D eigenvalue weighted by atomic mass is 35.5. The molecule has 1 aliphatic rings. The average molecular weight is 253 g/mol. The van der Waals surface area contributed by atoms with Gasteiger partial charge in [-0.05, 0) is 50.5 Å². The second-order valence-corrected chi connectivity index (χ2v) is 5.57. The Bertz CT molecular complexity index is 507. The summed E-state index contributed by atoms with van der Waals surface area (Å²) in [5.41, 5.74) is 9.01. The molecule has 1 heterocycles.